The summed E-state index contributed by atoms with van der Waals surface area (Å²) in [4.78, 5) is 78.4. The Labute approximate surface area is 446 Å². The number of alkyl carbamates (subject to hydrolysis) is 2. The maximum absolute atomic E-state index is 17.1. The molecule has 4 amide bonds. The molecule has 0 bridgehead atoms. The summed E-state index contributed by atoms with van der Waals surface area (Å²) in [7, 11) is 2.53. The minimum atomic E-state index is -0.872. The van der Waals surface area contributed by atoms with Crippen LogP contribution in [0.4, 0.5) is 18.4 Å². The highest BCUT2D eigenvalue weighted by atomic mass is 32.1. The molecule has 0 saturated carbocycles. The second-order valence-electron chi connectivity index (χ2n) is 20.4. The molecule has 8 heterocycles. The van der Waals surface area contributed by atoms with E-state index in [9.17, 15) is 23.6 Å². The van der Waals surface area contributed by atoms with Gasteiger partial charge in [0.1, 0.15) is 46.1 Å². The van der Waals surface area contributed by atoms with E-state index in [1.165, 1.54) is 43.8 Å². The molecule has 0 radical (unpaired) electrons. The van der Waals surface area contributed by atoms with E-state index in [4.69, 9.17) is 33.9 Å². The number of thiazole rings is 1. The van der Waals surface area contributed by atoms with E-state index in [0.29, 0.717) is 77.4 Å². The number of halogens is 2. The number of carbonyl (C=O) groups excluding carboxylic acids is 4. The van der Waals surface area contributed by atoms with Gasteiger partial charge in [0.25, 0.3) is 0 Å². The molecule has 4 aliphatic heterocycles. The number of allylic oxidation sites excluding steroid dienone is 1. The molecule has 4 N–H and O–H groups in total. The zero-order chi connectivity index (χ0) is 53.8. The van der Waals surface area contributed by atoms with Crippen molar-refractivity contribution in [1.29, 1.82) is 0 Å². The number of hydrogen-bond acceptors (Lipinski definition) is 12. The minimum absolute atomic E-state index is 0.138. The first-order chi connectivity index (χ1) is 37.2. The summed E-state index contributed by atoms with van der Waals surface area (Å²) in [5, 5.41) is 6.93. The van der Waals surface area contributed by atoms with Crippen LogP contribution in [0.3, 0.4) is 0 Å². The lowest BCUT2D eigenvalue weighted by atomic mass is 9.90. The van der Waals surface area contributed by atoms with Gasteiger partial charge in [-0.3, -0.25) is 14.2 Å². The van der Waals surface area contributed by atoms with E-state index < -0.39 is 42.4 Å². The number of imidazole rings is 2. The van der Waals surface area contributed by atoms with Crippen molar-refractivity contribution in [1.82, 2.24) is 49.9 Å². The number of likely N-dealkylation sites (tertiary alicyclic amines) is 2. The predicted octanol–water partition coefficient (Wildman–Crippen LogP) is 10.2. The Kier molecular flexibility index (Phi) is 13.8. The first-order valence-corrected chi connectivity index (χ1v) is 26.6. The molecular weight excluding hydrogens is 1010 g/mol. The number of rotatable bonds is 12. The summed E-state index contributed by atoms with van der Waals surface area (Å²) in [5.74, 6) is 0.244. The molecule has 4 aromatic heterocycles. The Morgan fingerprint density at radius 2 is 1.43 bits per heavy atom. The third-order valence-electron chi connectivity index (χ3n) is 15.0. The number of aromatic nitrogens is 6. The summed E-state index contributed by atoms with van der Waals surface area (Å²) in [6.45, 7) is 8.45. The van der Waals surface area contributed by atoms with E-state index in [1.807, 2.05) is 62.6 Å². The van der Waals surface area contributed by atoms with Crippen molar-refractivity contribution in [2.24, 2.45) is 11.8 Å². The molecular formula is C56H58F2N10O8S. The summed E-state index contributed by atoms with van der Waals surface area (Å²) < 4.78 is 55.5. The van der Waals surface area contributed by atoms with Crippen LogP contribution in [0.2, 0.25) is 0 Å². The lowest BCUT2D eigenvalue weighted by Gasteiger charge is -2.34. The largest absolute Gasteiger partial charge is 0.496 e. The number of nitrogens with zero attached hydrogens (tertiary/aromatic N) is 6. The SMILES string of the molecule is COC(=O)NC(C(=O)N1CCC[C@H]1c1ncc(-c2cc(F)c3c(c2)OC(c2cnc(-c4ccc(F)cc4)s2)n2c-3cc3cc(-c4cnc([C@@H]5CCCN5C(=O)C(NC(=O)OC)C5C=C(C)O[C@@H](C)C5)[nH]4)ccc32)[nH]1)C(C)C. The van der Waals surface area contributed by atoms with Gasteiger partial charge in [0.2, 0.25) is 18.0 Å². The van der Waals surface area contributed by atoms with Crippen LogP contribution in [0.15, 0.2) is 91.1 Å². The van der Waals surface area contributed by atoms with Crippen molar-refractivity contribution < 1.29 is 46.9 Å². The Balaban J connectivity index is 0.918. The van der Waals surface area contributed by atoms with Gasteiger partial charge >= 0.3 is 12.2 Å². The van der Waals surface area contributed by atoms with Crippen LogP contribution >= 0.6 is 11.3 Å². The van der Waals surface area contributed by atoms with Crippen molar-refractivity contribution >= 4 is 46.2 Å². The average Bonchev–Trinajstić information content (AvgIpc) is 4.50. The second kappa shape index (κ2) is 20.8. The van der Waals surface area contributed by atoms with E-state index in [0.717, 1.165) is 39.7 Å². The molecule has 4 unspecified atom stereocenters. The van der Waals surface area contributed by atoms with Gasteiger partial charge in [-0.25, -0.2) is 33.3 Å². The van der Waals surface area contributed by atoms with Gasteiger partial charge in [-0.2, -0.15) is 0 Å². The van der Waals surface area contributed by atoms with Crippen LogP contribution in [0, 0.1) is 23.5 Å². The zero-order valence-electron chi connectivity index (χ0n) is 43.3. The predicted molar refractivity (Wildman–Crippen MR) is 282 cm³/mol. The smallest absolute Gasteiger partial charge is 0.407 e. The lowest BCUT2D eigenvalue weighted by molar-refractivity contribution is -0.136. The molecule has 18 nitrogen and oxygen atoms in total. The van der Waals surface area contributed by atoms with Crippen LogP contribution in [0.5, 0.6) is 5.75 Å². The standard InChI is InChI=1S/C56H58F2N10O8S/c1-28(2)47(64-55(71)73-5)52(69)66-17-7-9-41(66)50-60-26-39(63-50)33-22-37(58)46-43-23-34-21-32(13-16-40(34)68(43)54(76-44(46)24-33)45-27-61-51(77-45)31-11-14-36(57)15-12-31)38-25-59-49(62-38)42-10-8-18-67(42)53(70)48(65-56(72)74-6)35-19-29(3)75-30(4)20-35/h11-16,19,21-28,30,35,41-42,47-48,54H,7-10,17-18,20H2,1-6H3,(H,59,62)(H,60,63)(H,64,71)(H,65,72)/t30-,35?,41-,42-,47?,48?,54?/m0/s1. The van der Waals surface area contributed by atoms with E-state index in [-0.39, 0.29) is 52.9 Å². The van der Waals surface area contributed by atoms with Crippen molar-refractivity contribution in [3.8, 4) is 50.1 Å². The van der Waals surface area contributed by atoms with Crippen molar-refractivity contribution in [2.45, 2.75) is 96.3 Å². The normalized spacial score (nSPS) is 20.7. The maximum atomic E-state index is 17.1. The van der Waals surface area contributed by atoms with Crippen LogP contribution in [-0.4, -0.2) is 109 Å². The quantitative estimate of drug-likeness (QED) is 0.0904. The molecule has 2 fully saturated rings. The van der Waals surface area contributed by atoms with Gasteiger partial charge in [-0.05, 0) is 113 Å². The topological polar surface area (TPSA) is 211 Å². The number of fused-ring (bicyclic) bond motifs is 5. The summed E-state index contributed by atoms with van der Waals surface area (Å²) in [6.07, 6.45) is 7.98. The minimum Gasteiger partial charge on any atom is -0.496 e. The average molecular weight is 1070 g/mol. The molecule has 2 saturated heterocycles. The highest BCUT2D eigenvalue weighted by molar-refractivity contribution is 7.15. The van der Waals surface area contributed by atoms with Crippen LogP contribution < -0.4 is 15.4 Å². The molecule has 77 heavy (non-hydrogen) atoms. The van der Waals surface area contributed by atoms with Crippen molar-refractivity contribution in [2.75, 3.05) is 27.3 Å². The Bertz CT molecular complexity index is 3440. The third kappa shape index (κ3) is 9.76. The van der Waals surface area contributed by atoms with Gasteiger partial charge in [0.15, 0.2) is 0 Å². The molecule has 3 aromatic carbocycles. The molecule has 4 aliphatic rings. The number of H-pyrrole nitrogens is 2. The Morgan fingerprint density at radius 3 is 2.09 bits per heavy atom. The fourth-order valence-electron chi connectivity index (χ4n) is 11.3. The lowest BCUT2D eigenvalue weighted by Crippen LogP contribution is -2.52. The zero-order valence-corrected chi connectivity index (χ0v) is 44.1. The van der Waals surface area contributed by atoms with Gasteiger partial charge < -0.3 is 49.3 Å². The van der Waals surface area contributed by atoms with Gasteiger partial charge in [0.05, 0.1) is 83.6 Å². The number of hydrogen-bond donors (Lipinski definition) is 4. The van der Waals surface area contributed by atoms with Gasteiger partial charge in [0, 0.05) is 47.3 Å². The van der Waals surface area contributed by atoms with Crippen molar-refractivity contribution in [3.63, 3.8) is 0 Å². The molecule has 7 aromatic rings. The van der Waals surface area contributed by atoms with Gasteiger partial charge in [-0.1, -0.05) is 19.9 Å². The first-order valence-electron chi connectivity index (χ1n) is 25.8. The highest BCUT2D eigenvalue weighted by Crippen LogP contribution is 2.49. The molecule has 400 valence electrons. The monoisotopic (exact) mass is 1070 g/mol. The Morgan fingerprint density at radius 1 is 0.779 bits per heavy atom. The highest BCUT2D eigenvalue weighted by Gasteiger charge is 2.42. The molecule has 0 spiro atoms. The summed E-state index contributed by atoms with van der Waals surface area (Å²) >= 11 is 1.38. The van der Waals surface area contributed by atoms with E-state index in [2.05, 4.69) is 20.6 Å². The fraction of sp³-hybridized carbons (Fsp3) is 0.375. The van der Waals surface area contributed by atoms with Crippen LogP contribution in [0.1, 0.15) is 94.6 Å². The van der Waals surface area contributed by atoms with Crippen molar-refractivity contribution in [3.05, 3.63) is 119 Å². The number of carbonyl (C=O) groups is 4. The van der Waals surface area contributed by atoms with E-state index >= 15 is 4.39 Å². The molecule has 0 aliphatic carbocycles. The van der Waals surface area contributed by atoms with Crippen LogP contribution in [-0.2, 0) is 23.8 Å². The number of nitrogens with one attached hydrogen (secondary N) is 4. The first kappa shape index (κ1) is 51.1. The number of ether oxygens (including phenoxy) is 4. The summed E-state index contributed by atoms with van der Waals surface area (Å²) in [6, 6.07) is 14.7. The maximum Gasteiger partial charge on any atom is 0.407 e. The molecule has 11 rings (SSSR count). The number of aromatic amines is 2. The Hall–Kier alpha value is -8.07. The number of benzene rings is 3. The second-order valence-corrected chi connectivity index (χ2v) is 21.4. The molecule has 21 heteroatoms. The van der Waals surface area contributed by atoms with Gasteiger partial charge in [-0.15, -0.1) is 11.3 Å². The van der Waals surface area contributed by atoms with E-state index in [1.54, 1.807) is 46.6 Å². The van der Waals surface area contributed by atoms with Crippen LogP contribution in [0.25, 0.3) is 55.2 Å². The number of amides is 4. The molecule has 7 atom stereocenters. The number of methoxy groups -OCH3 is 2. The third-order valence-corrected chi connectivity index (χ3v) is 16.1. The summed E-state index contributed by atoms with van der Waals surface area (Å²) in [5.41, 5.74) is 4.83. The fourth-order valence-corrected chi connectivity index (χ4v) is 12.3.